The van der Waals surface area contributed by atoms with Gasteiger partial charge in [0.1, 0.15) is 23.1 Å². The van der Waals surface area contributed by atoms with Gasteiger partial charge in [-0.3, -0.25) is 14.3 Å². The zero-order valence-corrected chi connectivity index (χ0v) is 29.0. The van der Waals surface area contributed by atoms with Gasteiger partial charge in [0.05, 0.1) is 40.3 Å². The lowest BCUT2D eigenvalue weighted by atomic mass is 9.81. The molecule has 4 aromatic rings. The average molecular weight is 725 g/mol. The van der Waals surface area contributed by atoms with E-state index in [1.165, 1.54) is 0 Å². The number of hydrogen-bond acceptors (Lipinski definition) is 8. The summed E-state index contributed by atoms with van der Waals surface area (Å²) in [5.74, 6) is -2.03. The van der Waals surface area contributed by atoms with E-state index in [0.29, 0.717) is 48.4 Å². The number of nitrogen functional groups attached to an aromatic ring is 1. The van der Waals surface area contributed by atoms with Crippen molar-refractivity contribution < 1.29 is 39.8 Å². The third-order valence-corrected chi connectivity index (χ3v) is 10.5. The van der Waals surface area contributed by atoms with E-state index in [2.05, 4.69) is 15.0 Å². The molecule has 0 spiro atoms. The Bertz CT molecular complexity index is 1920. The van der Waals surface area contributed by atoms with Crippen molar-refractivity contribution in [2.45, 2.75) is 68.6 Å². The molecule has 0 radical (unpaired) electrons. The highest BCUT2D eigenvalue weighted by molar-refractivity contribution is 7.92. The predicted octanol–water partition coefficient (Wildman–Crippen LogP) is 6.98. The van der Waals surface area contributed by atoms with Gasteiger partial charge >= 0.3 is 6.18 Å². The van der Waals surface area contributed by atoms with E-state index in [-0.39, 0.29) is 29.0 Å². The lowest BCUT2D eigenvalue weighted by Crippen LogP contribution is -2.41. The summed E-state index contributed by atoms with van der Waals surface area (Å²) in [6, 6.07) is 4.51. The van der Waals surface area contributed by atoms with Gasteiger partial charge in [0.2, 0.25) is 0 Å². The summed E-state index contributed by atoms with van der Waals surface area (Å²) in [6.45, 7) is 6.61. The fourth-order valence-corrected chi connectivity index (χ4v) is 7.68. The standard InChI is InChI=1S/C34H41F5N6O4S/c1-20(2)45-32-26(21-8-10-23(11-9-21)44(12-14-48-3)13-15-49-4)19-41-33(40)30(32)31(42-45)25-17-28(36)29(18-27(25)35)43-50(46,47)24-7-5-6-22(16-24)34(37,38)39/h5-7,16-21,23,43H,8-15H2,1-4H3,(H2,40,41). The lowest BCUT2D eigenvalue weighted by Gasteiger charge is -2.37. The van der Waals surface area contributed by atoms with Crippen LogP contribution in [0.1, 0.15) is 62.6 Å². The first-order chi connectivity index (χ1) is 23.7. The van der Waals surface area contributed by atoms with E-state index in [9.17, 15) is 21.6 Å². The summed E-state index contributed by atoms with van der Waals surface area (Å²) in [7, 11) is -1.36. The number of nitrogens with zero attached hydrogens (tertiary/aromatic N) is 4. The van der Waals surface area contributed by atoms with Crippen molar-refractivity contribution in [3.63, 3.8) is 0 Å². The van der Waals surface area contributed by atoms with Gasteiger partial charge in [-0.25, -0.2) is 22.2 Å². The molecule has 2 heterocycles. The summed E-state index contributed by atoms with van der Waals surface area (Å²) in [4.78, 5) is 6.06. The molecule has 0 saturated heterocycles. The molecule has 1 fully saturated rings. The molecule has 3 N–H and O–H groups in total. The van der Waals surface area contributed by atoms with E-state index >= 15 is 8.78 Å². The highest BCUT2D eigenvalue weighted by Gasteiger charge is 2.33. The number of nitrogens with one attached hydrogen (secondary N) is 1. The molecule has 2 aromatic heterocycles. The number of aromatic nitrogens is 3. The van der Waals surface area contributed by atoms with Gasteiger partial charge in [0.15, 0.2) is 0 Å². The second-order valence-electron chi connectivity index (χ2n) is 12.7. The summed E-state index contributed by atoms with van der Waals surface area (Å²) in [5.41, 5.74) is 5.70. The molecule has 50 heavy (non-hydrogen) atoms. The highest BCUT2D eigenvalue weighted by atomic mass is 32.2. The van der Waals surface area contributed by atoms with Crippen LogP contribution in [0.15, 0.2) is 47.5 Å². The molecule has 1 aliphatic carbocycles. The predicted molar refractivity (Wildman–Crippen MR) is 180 cm³/mol. The molecule has 1 saturated carbocycles. The molecule has 0 aliphatic heterocycles. The Morgan fingerprint density at radius 1 is 1.02 bits per heavy atom. The number of halogens is 5. The van der Waals surface area contributed by atoms with Crippen molar-refractivity contribution in [3.8, 4) is 11.3 Å². The van der Waals surface area contributed by atoms with Crippen LogP contribution in [0.5, 0.6) is 0 Å². The number of pyridine rings is 1. The summed E-state index contributed by atoms with van der Waals surface area (Å²) >= 11 is 0. The molecular weight excluding hydrogens is 683 g/mol. The van der Waals surface area contributed by atoms with Crippen molar-refractivity contribution in [1.29, 1.82) is 0 Å². The minimum Gasteiger partial charge on any atom is -0.383 e. The molecule has 0 amide bonds. The number of alkyl halides is 3. The van der Waals surface area contributed by atoms with Crippen LogP contribution in [0, 0.1) is 11.6 Å². The zero-order chi connectivity index (χ0) is 36.4. The number of methoxy groups -OCH3 is 2. The molecule has 272 valence electrons. The van der Waals surface area contributed by atoms with Gasteiger partial charge in [0.25, 0.3) is 10.0 Å². The highest BCUT2D eigenvalue weighted by Crippen LogP contribution is 2.43. The Labute approximate surface area is 287 Å². The maximum Gasteiger partial charge on any atom is 0.416 e. The average Bonchev–Trinajstić information content (AvgIpc) is 3.48. The Kier molecular flexibility index (Phi) is 11.3. The number of rotatable bonds is 13. The number of hydrogen-bond donors (Lipinski definition) is 2. The van der Waals surface area contributed by atoms with Crippen molar-refractivity contribution in [3.05, 3.63) is 65.4 Å². The van der Waals surface area contributed by atoms with Crippen LogP contribution in [-0.4, -0.2) is 74.6 Å². The van der Waals surface area contributed by atoms with E-state index in [1.807, 2.05) is 18.6 Å². The third-order valence-electron chi connectivity index (χ3n) is 9.12. The van der Waals surface area contributed by atoms with Crippen LogP contribution in [0.3, 0.4) is 0 Å². The second-order valence-corrected chi connectivity index (χ2v) is 14.4. The van der Waals surface area contributed by atoms with E-state index in [1.54, 1.807) is 25.1 Å². The monoisotopic (exact) mass is 724 g/mol. The molecule has 5 rings (SSSR count). The van der Waals surface area contributed by atoms with Gasteiger partial charge in [-0.05, 0) is 75.3 Å². The van der Waals surface area contributed by atoms with Gasteiger partial charge < -0.3 is 15.2 Å². The van der Waals surface area contributed by atoms with Crippen molar-refractivity contribution in [2.24, 2.45) is 0 Å². The third kappa shape index (κ3) is 7.87. The van der Waals surface area contributed by atoms with Crippen LogP contribution in [-0.2, 0) is 25.7 Å². The first-order valence-electron chi connectivity index (χ1n) is 16.2. The maximum absolute atomic E-state index is 15.9. The normalized spacial score (nSPS) is 17.3. The minimum atomic E-state index is -4.81. The second kappa shape index (κ2) is 15.2. The van der Waals surface area contributed by atoms with Gasteiger partial charge in [0, 0.05) is 57.2 Å². The molecule has 0 bridgehead atoms. The Morgan fingerprint density at radius 2 is 1.68 bits per heavy atom. The smallest absolute Gasteiger partial charge is 0.383 e. The topological polar surface area (TPSA) is 125 Å². The maximum atomic E-state index is 15.9. The lowest BCUT2D eigenvalue weighted by molar-refractivity contribution is -0.137. The number of fused-ring (bicyclic) bond motifs is 1. The molecule has 0 unspecified atom stereocenters. The van der Waals surface area contributed by atoms with Gasteiger partial charge in [-0.1, -0.05) is 6.07 Å². The fraction of sp³-hybridized carbons (Fsp3) is 0.471. The molecule has 1 aliphatic rings. The molecule has 16 heteroatoms. The number of sulfonamides is 1. The Balaban J connectivity index is 1.48. The van der Waals surface area contributed by atoms with Crippen LogP contribution in [0.4, 0.5) is 33.5 Å². The summed E-state index contributed by atoms with van der Waals surface area (Å²) < 4.78 is 111. The van der Waals surface area contributed by atoms with E-state index < -0.39 is 44.0 Å². The van der Waals surface area contributed by atoms with Crippen molar-refractivity contribution in [2.75, 3.05) is 51.0 Å². The van der Waals surface area contributed by atoms with Gasteiger partial charge in [-0.2, -0.15) is 18.3 Å². The van der Waals surface area contributed by atoms with Gasteiger partial charge in [-0.15, -0.1) is 0 Å². The van der Waals surface area contributed by atoms with Crippen LogP contribution < -0.4 is 10.5 Å². The molecule has 0 atom stereocenters. The summed E-state index contributed by atoms with van der Waals surface area (Å²) in [5, 5.41) is 5.02. The van der Waals surface area contributed by atoms with Crippen LogP contribution >= 0.6 is 0 Å². The zero-order valence-electron chi connectivity index (χ0n) is 28.2. The quantitative estimate of drug-likeness (QED) is 0.142. The van der Waals surface area contributed by atoms with Crippen molar-refractivity contribution in [1.82, 2.24) is 19.7 Å². The number of benzene rings is 2. The molecular formula is C34H41F5N6O4S. The number of anilines is 2. The molecule has 10 nitrogen and oxygen atoms in total. The fourth-order valence-electron chi connectivity index (χ4n) is 6.58. The first kappa shape index (κ1) is 37.4. The minimum absolute atomic E-state index is 0.0308. The number of nitrogens with two attached hydrogens (primary N) is 1. The van der Waals surface area contributed by atoms with E-state index in [0.717, 1.165) is 62.5 Å². The Hall–Kier alpha value is -3.86. The summed E-state index contributed by atoms with van der Waals surface area (Å²) in [6.07, 6.45) is 0.463. The van der Waals surface area contributed by atoms with E-state index in [4.69, 9.17) is 15.2 Å². The van der Waals surface area contributed by atoms with Crippen LogP contribution in [0.2, 0.25) is 0 Å². The largest absolute Gasteiger partial charge is 0.416 e. The van der Waals surface area contributed by atoms with Crippen molar-refractivity contribution >= 4 is 32.4 Å². The number of ether oxygens (including phenoxy) is 2. The van der Waals surface area contributed by atoms with Crippen LogP contribution in [0.25, 0.3) is 22.2 Å². The first-order valence-corrected chi connectivity index (χ1v) is 17.7. The SMILES string of the molecule is COCCN(CCOC)C1CCC(c2cnc(N)c3c(-c4cc(F)c(NS(=O)(=O)c5cccc(C(F)(F)F)c5)cc4F)nn(C(C)C)c23)CC1. The molecule has 2 aromatic carbocycles. The Morgan fingerprint density at radius 3 is 2.28 bits per heavy atom.